The summed E-state index contributed by atoms with van der Waals surface area (Å²) in [6, 6.07) is 8.52. The zero-order chi connectivity index (χ0) is 20.1. The summed E-state index contributed by atoms with van der Waals surface area (Å²) in [4.78, 5) is 20.5. The highest BCUT2D eigenvalue weighted by Crippen LogP contribution is 2.37. The van der Waals surface area contributed by atoms with Gasteiger partial charge in [-0.05, 0) is 38.3 Å². The zero-order valence-electron chi connectivity index (χ0n) is 17.1. The van der Waals surface area contributed by atoms with Crippen molar-refractivity contribution in [3.05, 3.63) is 57.1 Å². The molecule has 1 fully saturated rings. The number of hydrogen-bond donors (Lipinski definition) is 1. The summed E-state index contributed by atoms with van der Waals surface area (Å²) < 4.78 is 12.8. The minimum absolute atomic E-state index is 0.0421. The summed E-state index contributed by atoms with van der Waals surface area (Å²) >= 11 is 0. The molecule has 2 unspecified atom stereocenters. The van der Waals surface area contributed by atoms with Crippen LogP contribution in [0.3, 0.4) is 0 Å². The predicted octanol–water partition coefficient (Wildman–Crippen LogP) is 2.48. The van der Waals surface area contributed by atoms with E-state index >= 15 is 0 Å². The lowest BCUT2D eigenvalue weighted by atomic mass is 9.98. The minimum atomic E-state index is 0.0421. The van der Waals surface area contributed by atoms with E-state index in [9.17, 15) is 4.79 Å². The molecule has 2 aliphatic heterocycles. The van der Waals surface area contributed by atoms with Crippen LogP contribution in [0.4, 0.5) is 0 Å². The van der Waals surface area contributed by atoms with Gasteiger partial charge < -0.3 is 9.47 Å². The van der Waals surface area contributed by atoms with Crippen molar-refractivity contribution in [3.8, 4) is 11.5 Å². The fourth-order valence-electron chi connectivity index (χ4n) is 5.04. The first-order valence-corrected chi connectivity index (χ1v) is 10.1. The number of fused-ring (bicyclic) bond motifs is 4. The van der Waals surface area contributed by atoms with Gasteiger partial charge in [-0.25, -0.2) is 9.50 Å². The van der Waals surface area contributed by atoms with Crippen molar-refractivity contribution in [3.63, 3.8) is 0 Å². The second-order valence-corrected chi connectivity index (χ2v) is 8.08. The molecule has 0 spiro atoms. The highest BCUT2D eigenvalue weighted by Gasteiger charge is 2.39. The van der Waals surface area contributed by atoms with Crippen LogP contribution >= 0.6 is 0 Å². The molecule has 0 amide bonds. The van der Waals surface area contributed by atoms with Gasteiger partial charge in [-0.2, -0.15) is 0 Å². The first-order valence-electron chi connectivity index (χ1n) is 10.1. The molecule has 2 atom stereocenters. The molecule has 152 valence electrons. The van der Waals surface area contributed by atoms with Crippen molar-refractivity contribution in [2.45, 2.75) is 51.2 Å². The summed E-state index contributed by atoms with van der Waals surface area (Å²) in [7, 11) is 3.39. The molecule has 1 saturated heterocycles. The molecule has 0 radical (unpaired) electrons. The minimum Gasteiger partial charge on any atom is -0.496 e. The largest absolute Gasteiger partial charge is 0.496 e. The van der Waals surface area contributed by atoms with Crippen molar-refractivity contribution < 1.29 is 9.47 Å². The van der Waals surface area contributed by atoms with Crippen molar-refractivity contribution in [2.24, 2.45) is 0 Å². The normalized spacial score (nSPS) is 21.2. The van der Waals surface area contributed by atoms with Crippen LogP contribution in [-0.4, -0.2) is 45.8 Å². The topological polar surface area (TPSA) is 71.9 Å². The van der Waals surface area contributed by atoms with Crippen LogP contribution < -0.4 is 15.0 Å². The molecule has 0 aliphatic carbocycles. The molecule has 1 aromatic carbocycles. The Balaban J connectivity index is 1.53. The third-order valence-corrected chi connectivity index (χ3v) is 6.43. The fourth-order valence-corrected chi connectivity index (χ4v) is 5.04. The lowest BCUT2D eigenvalue weighted by Gasteiger charge is -2.29. The average molecular weight is 394 g/mol. The number of nitrogens with one attached hydrogen (secondary N) is 1. The monoisotopic (exact) mass is 394 g/mol. The Morgan fingerprint density at radius 3 is 2.52 bits per heavy atom. The molecular formula is C22H26N4O3. The molecule has 4 heterocycles. The lowest BCUT2D eigenvalue weighted by molar-refractivity contribution is 0.183. The molecule has 2 aromatic heterocycles. The second-order valence-electron chi connectivity index (χ2n) is 8.08. The van der Waals surface area contributed by atoms with Gasteiger partial charge in [-0.1, -0.05) is 6.07 Å². The maximum Gasteiger partial charge on any atom is 0.276 e. The fraction of sp³-hybridized carbons (Fsp3) is 0.455. The van der Waals surface area contributed by atoms with E-state index in [0.717, 1.165) is 66.2 Å². The number of ether oxygens (including phenoxy) is 2. The zero-order valence-corrected chi connectivity index (χ0v) is 17.1. The number of hydrogen-bond acceptors (Lipinski definition) is 5. The van der Waals surface area contributed by atoms with Gasteiger partial charge in [0.05, 0.1) is 25.5 Å². The molecule has 7 heteroatoms. The molecule has 1 N–H and O–H groups in total. The molecule has 29 heavy (non-hydrogen) atoms. The van der Waals surface area contributed by atoms with E-state index in [1.54, 1.807) is 18.7 Å². The number of aromatic nitrogens is 3. The van der Waals surface area contributed by atoms with E-state index in [0.29, 0.717) is 17.7 Å². The number of H-pyrrole nitrogens is 1. The second kappa shape index (κ2) is 6.91. The van der Waals surface area contributed by atoms with Crippen LogP contribution in [0, 0.1) is 6.92 Å². The van der Waals surface area contributed by atoms with Crippen LogP contribution in [0.5, 0.6) is 11.5 Å². The van der Waals surface area contributed by atoms with Crippen LogP contribution in [0.2, 0.25) is 0 Å². The number of aryl methyl sites for hydroxylation is 1. The third-order valence-electron chi connectivity index (χ3n) is 6.43. The van der Waals surface area contributed by atoms with Gasteiger partial charge in [0.2, 0.25) is 0 Å². The first-order chi connectivity index (χ1) is 14.1. The van der Waals surface area contributed by atoms with E-state index in [-0.39, 0.29) is 5.56 Å². The summed E-state index contributed by atoms with van der Waals surface area (Å²) in [5.41, 5.74) is 4.57. The number of nitrogens with zero attached hydrogens (tertiary/aromatic N) is 3. The van der Waals surface area contributed by atoms with Gasteiger partial charge in [-0.15, -0.1) is 0 Å². The molecule has 5 rings (SSSR count). The average Bonchev–Trinajstić information content (AvgIpc) is 3.22. The SMILES string of the molecule is COc1cccc(OC)c1CN1C2CCC1Cc1c(nc3cc(C)[nH]n3c1=O)C2. The van der Waals surface area contributed by atoms with Crippen molar-refractivity contribution in [1.82, 2.24) is 19.5 Å². The van der Waals surface area contributed by atoms with Gasteiger partial charge in [0.1, 0.15) is 11.5 Å². The standard InChI is InChI=1S/C22H26N4O3/c1-13-9-21-23-18-11-15-8-7-14(10-16(18)22(27)26(21)24-13)25(15)12-17-19(28-2)5-4-6-20(17)29-3/h4-6,9,14-15,24H,7-8,10-12H2,1-3H3. The Morgan fingerprint density at radius 2 is 1.83 bits per heavy atom. The van der Waals surface area contributed by atoms with E-state index in [1.165, 1.54) is 0 Å². The first kappa shape index (κ1) is 18.2. The van der Waals surface area contributed by atoms with Crippen molar-refractivity contribution in [1.29, 1.82) is 0 Å². The van der Waals surface area contributed by atoms with Crippen molar-refractivity contribution >= 4 is 5.65 Å². The summed E-state index contributed by atoms with van der Waals surface area (Å²) in [5, 5.41) is 3.12. The molecule has 2 bridgehead atoms. The van der Waals surface area contributed by atoms with Gasteiger partial charge in [0.25, 0.3) is 5.56 Å². The summed E-state index contributed by atoms with van der Waals surface area (Å²) in [6.07, 6.45) is 3.75. The van der Waals surface area contributed by atoms with Crippen LogP contribution in [-0.2, 0) is 19.4 Å². The Morgan fingerprint density at radius 1 is 1.14 bits per heavy atom. The summed E-state index contributed by atoms with van der Waals surface area (Å²) in [5.74, 6) is 1.68. The number of methoxy groups -OCH3 is 2. The van der Waals surface area contributed by atoms with E-state index < -0.39 is 0 Å². The molecule has 3 aromatic rings. The molecular weight excluding hydrogens is 368 g/mol. The van der Waals surface area contributed by atoms with E-state index in [4.69, 9.17) is 14.5 Å². The summed E-state index contributed by atoms with van der Waals surface area (Å²) in [6.45, 7) is 2.69. The number of aromatic amines is 1. The van der Waals surface area contributed by atoms with Crippen LogP contribution in [0.25, 0.3) is 5.65 Å². The van der Waals surface area contributed by atoms with E-state index in [2.05, 4.69) is 10.00 Å². The Labute approximate surface area is 169 Å². The Hall–Kier alpha value is -2.80. The maximum atomic E-state index is 13.1. The number of rotatable bonds is 4. The van der Waals surface area contributed by atoms with Crippen LogP contribution in [0.1, 0.15) is 35.4 Å². The quantitative estimate of drug-likeness (QED) is 0.736. The Kier molecular flexibility index (Phi) is 4.35. The Bertz CT molecular complexity index is 1110. The van der Waals surface area contributed by atoms with Gasteiger partial charge >= 0.3 is 0 Å². The number of benzene rings is 1. The smallest absolute Gasteiger partial charge is 0.276 e. The van der Waals surface area contributed by atoms with Gasteiger partial charge in [-0.3, -0.25) is 14.8 Å². The van der Waals surface area contributed by atoms with Gasteiger partial charge in [0.15, 0.2) is 5.65 Å². The molecule has 7 nitrogen and oxygen atoms in total. The highest BCUT2D eigenvalue weighted by molar-refractivity contribution is 5.45. The predicted molar refractivity (Wildman–Crippen MR) is 110 cm³/mol. The highest BCUT2D eigenvalue weighted by atomic mass is 16.5. The third kappa shape index (κ3) is 2.92. The molecule has 2 aliphatic rings. The van der Waals surface area contributed by atoms with Crippen LogP contribution in [0.15, 0.2) is 29.1 Å². The van der Waals surface area contributed by atoms with Gasteiger partial charge in [0, 0.05) is 42.4 Å². The lowest BCUT2D eigenvalue weighted by Crippen LogP contribution is -2.36. The van der Waals surface area contributed by atoms with Crippen molar-refractivity contribution in [2.75, 3.05) is 14.2 Å². The maximum absolute atomic E-state index is 13.1. The molecule has 0 saturated carbocycles. The van der Waals surface area contributed by atoms with E-state index in [1.807, 2.05) is 31.2 Å².